The summed E-state index contributed by atoms with van der Waals surface area (Å²) in [6.07, 6.45) is 1.84. The zero-order valence-electron chi connectivity index (χ0n) is 8.43. The molecule has 0 amide bonds. The van der Waals surface area contributed by atoms with Crippen molar-refractivity contribution < 1.29 is 0 Å². The van der Waals surface area contributed by atoms with Crippen molar-refractivity contribution in [3.63, 3.8) is 0 Å². The van der Waals surface area contributed by atoms with Crippen LogP contribution >= 0.6 is 23.1 Å². The second-order valence-electron chi connectivity index (χ2n) is 3.02. The number of nitrogens with one attached hydrogen (secondary N) is 1. The minimum atomic E-state index is 0.930. The number of nitrogens with zero attached hydrogens (tertiary/aromatic N) is 1. The van der Waals surface area contributed by atoms with Crippen LogP contribution in [0.25, 0.3) is 0 Å². The van der Waals surface area contributed by atoms with Crippen LogP contribution in [0.2, 0.25) is 0 Å². The van der Waals surface area contributed by atoms with Gasteiger partial charge in [0.2, 0.25) is 0 Å². The quantitative estimate of drug-likeness (QED) is 0.823. The number of aromatic nitrogens is 1. The van der Waals surface area contributed by atoms with Crippen LogP contribution in [0.4, 0.5) is 5.82 Å². The summed E-state index contributed by atoms with van der Waals surface area (Å²) in [5.41, 5.74) is 1.30. The lowest BCUT2D eigenvalue weighted by atomic mass is 10.3. The van der Waals surface area contributed by atoms with Gasteiger partial charge in [0.15, 0.2) is 0 Å². The fourth-order valence-electron chi connectivity index (χ4n) is 1.20. The van der Waals surface area contributed by atoms with E-state index in [0.717, 1.165) is 11.6 Å². The number of pyridine rings is 1. The standard InChI is InChI=1S/C11H12N2S2/c1-12-10-7-9(4-5-13-10)8-15-11-3-2-6-14-11/h2-7H,8H2,1H3,(H,12,13). The minimum Gasteiger partial charge on any atom is -0.373 e. The highest BCUT2D eigenvalue weighted by atomic mass is 32.2. The maximum atomic E-state index is 4.19. The summed E-state index contributed by atoms with van der Waals surface area (Å²) in [5.74, 6) is 1.93. The Balaban J connectivity index is 1.98. The Bertz CT molecular complexity index is 412. The van der Waals surface area contributed by atoms with Gasteiger partial charge < -0.3 is 5.32 Å². The zero-order valence-corrected chi connectivity index (χ0v) is 10.1. The first-order valence-electron chi connectivity index (χ1n) is 4.67. The summed E-state index contributed by atoms with van der Waals surface area (Å²) in [4.78, 5) is 4.19. The maximum Gasteiger partial charge on any atom is 0.125 e. The van der Waals surface area contributed by atoms with Crippen molar-refractivity contribution >= 4 is 28.9 Å². The van der Waals surface area contributed by atoms with Crippen molar-refractivity contribution in [3.8, 4) is 0 Å². The molecule has 15 heavy (non-hydrogen) atoms. The molecule has 0 spiro atoms. The molecule has 2 nitrogen and oxygen atoms in total. The van der Waals surface area contributed by atoms with Gasteiger partial charge in [-0.25, -0.2) is 4.98 Å². The largest absolute Gasteiger partial charge is 0.373 e. The average molecular weight is 236 g/mol. The van der Waals surface area contributed by atoms with Crippen molar-refractivity contribution in [2.45, 2.75) is 9.96 Å². The maximum absolute atomic E-state index is 4.19. The Labute approximate surface area is 97.8 Å². The van der Waals surface area contributed by atoms with Gasteiger partial charge in [-0.2, -0.15) is 0 Å². The smallest absolute Gasteiger partial charge is 0.125 e. The first-order chi connectivity index (χ1) is 7.38. The molecule has 0 aliphatic rings. The predicted molar refractivity (Wildman–Crippen MR) is 67.7 cm³/mol. The van der Waals surface area contributed by atoms with Crippen LogP contribution in [-0.2, 0) is 5.75 Å². The molecule has 0 saturated heterocycles. The van der Waals surface area contributed by atoms with Gasteiger partial charge in [-0.1, -0.05) is 6.07 Å². The molecule has 0 unspecified atom stereocenters. The van der Waals surface area contributed by atoms with Crippen LogP contribution in [0.3, 0.4) is 0 Å². The van der Waals surface area contributed by atoms with Gasteiger partial charge in [0.1, 0.15) is 5.82 Å². The molecule has 2 aromatic rings. The molecule has 0 fully saturated rings. The van der Waals surface area contributed by atoms with Crippen molar-refractivity contribution in [3.05, 3.63) is 41.4 Å². The van der Waals surface area contributed by atoms with Crippen molar-refractivity contribution in [2.75, 3.05) is 12.4 Å². The van der Waals surface area contributed by atoms with Crippen LogP contribution in [0, 0.1) is 0 Å². The van der Waals surface area contributed by atoms with E-state index < -0.39 is 0 Å². The highest BCUT2D eigenvalue weighted by molar-refractivity contribution is 8.00. The first-order valence-corrected chi connectivity index (χ1v) is 6.54. The predicted octanol–water partition coefficient (Wildman–Crippen LogP) is 3.48. The third kappa shape index (κ3) is 2.97. The van der Waals surface area contributed by atoms with Crippen LogP contribution < -0.4 is 5.32 Å². The number of hydrogen-bond acceptors (Lipinski definition) is 4. The summed E-state index contributed by atoms with van der Waals surface area (Å²) < 4.78 is 1.36. The number of hydrogen-bond donors (Lipinski definition) is 1. The van der Waals surface area contributed by atoms with E-state index in [-0.39, 0.29) is 0 Å². The summed E-state index contributed by atoms with van der Waals surface area (Å²) in [7, 11) is 1.89. The molecule has 0 aromatic carbocycles. The first kappa shape index (κ1) is 10.5. The van der Waals surface area contributed by atoms with E-state index >= 15 is 0 Å². The third-order valence-electron chi connectivity index (χ3n) is 1.96. The molecule has 0 aliphatic heterocycles. The molecule has 2 rings (SSSR count). The lowest BCUT2D eigenvalue weighted by Crippen LogP contribution is -1.92. The van der Waals surface area contributed by atoms with Gasteiger partial charge in [0.25, 0.3) is 0 Å². The second kappa shape index (κ2) is 5.19. The lowest BCUT2D eigenvalue weighted by Gasteiger charge is -2.02. The molecule has 1 N–H and O–H groups in total. The lowest BCUT2D eigenvalue weighted by molar-refractivity contribution is 1.25. The van der Waals surface area contributed by atoms with Gasteiger partial charge >= 0.3 is 0 Å². The van der Waals surface area contributed by atoms with Crippen LogP contribution in [0.15, 0.2) is 40.1 Å². The fourth-order valence-corrected chi connectivity index (χ4v) is 2.93. The molecule has 0 bridgehead atoms. The summed E-state index contributed by atoms with van der Waals surface area (Å²) in [5, 5.41) is 5.15. The van der Waals surface area contributed by atoms with Crippen molar-refractivity contribution in [1.29, 1.82) is 0 Å². The van der Waals surface area contributed by atoms with Crippen molar-refractivity contribution in [2.24, 2.45) is 0 Å². The molecule has 2 heterocycles. The summed E-state index contributed by atoms with van der Waals surface area (Å²) >= 11 is 3.65. The normalized spacial score (nSPS) is 10.2. The molecule has 4 heteroatoms. The van der Waals surface area contributed by atoms with E-state index in [4.69, 9.17) is 0 Å². The van der Waals surface area contributed by atoms with Crippen molar-refractivity contribution in [1.82, 2.24) is 4.98 Å². The third-order valence-corrected chi connectivity index (χ3v) is 4.16. The van der Waals surface area contributed by atoms with Crippen LogP contribution in [-0.4, -0.2) is 12.0 Å². The molecule has 0 saturated carbocycles. The van der Waals surface area contributed by atoms with E-state index in [9.17, 15) is 0 Å². The second-order valence-corrected chi connectivity index (χ2v) is 5.24. The number of rotatable bonds is 4. The average Bonchev–Trinajstić information content (AvgIpc) is 2.79. The fraction of sp³-hybridized carbons (Fsp3) is 0.182. The minimum absolute atomic E-state index is 0.930. The number of anilines is 1. The molecule has 2 aromatic heterocycles. The molecule has 0 atom stereocenters. The molecular formula is C11H12N2S2. The van der Waals surface area contributed by atoms with E-state index in [1.807, 2.05) is 25.0 Å². The van der Waals surface area contributed by atoms with E-state index in [1.54, 1.807) is 11.3 Å². The summed E-state index contributed by atoms with van der Waals surface area (Å²) in [6.45, 7) is 0. The van der Waals surface area contributed by atoms with E-state index in [1.165, 1.54) is 9.77 Å². The monoisotopic (exact) mass is 236 g/mol. The highest BCUT2D eigenvalue weighted by Crippen LogP contribution is 2.27. The van der Waals surface area contributed by atoms with Gasteiger partial charge in [-0.05, 0) is 29.1 Å². The van der Waals surface area contributed by atoms with Gasteiger partial charge in [0, 0.05) is 19.0 Å². The molecule has 0 aliphatic carbocycles. The topological polar surface area (TPSA) is 24.9 Å². The molecular weight excluding hydrogens is 224 g/mol. The zero-order chi connectivity index (χ0) is 10.5. The van der Waals surface area contributed by atoms with Gasteiger partial charge in [0.05, 0.1) is 4.21 Å². The van der Waals surface area contributed by atoms with Crippen LogP contribution in [0.1, 0.15) is 5.56 Å². The Hall–Kier alpha value is -1.00. The van der Waals surface area contributed by atoms with Gasteiger partial charge in [-0.15, -0.1) is 23.1 Å². The van der Waals surface area contributed by atoms with E-state index in [0.29, 0.717) is 0 Å². The number of thiophene rings is 1. The Morgan fingerprint density at radius 1 is 1.47 bits per heavy atom. The number of thioether (sulfide) groups is 1. The Morgan fingerprint density at radius 3 is 3.13 bits per heavy atom. The SMILES string of the molecule is CNc1cc(CSc2cccs2)ccn1. The Kier molecular flexibility index (Phi) is 3.64. The van der Waals surface area contributed by atoms with Crippen LogP contribution in [0.5, 0.6) is 0 Å². The Morgan fingerprint density at radius 2 is 2.40 bits per heavy atom. The summed E-state index contributed by atoms with van der Waals surface area (Å²) in [6, 6.07) is 8.37. The molecule has 0 radical (unpaired) electrons. The molecule has 78 valence electrons. The van der Waals surface area contributed by atoms with Gasteiger partial charge in [-0.3, -0.25) is 0 Å². The highest BCUT2D eigenvalue weighted by Gasteiger charge is 1.98. The van der Waals surface area contributed by atoms with E-state index in [2.05, 4.69) is 39.9 Å².